The Labute approximate surface area is 157 Å². The molecule has 0 saturated carbocycles. The Bertz CT molecular complexity index is 868. The molecule has 0 atom stereocenters. The predicted molar refractivity (Wildman–Crippen MR) is 106 cm³/mol. The zero-order chi connectivity index (χ0) is 18.1. The monoisotopic (exact) mass is 367 g/mol. The standard InChI is InChI=1S/C20H21N3O2S/c21-15-6-3-8-16-14(15)5-4-11-22(16)19(24)10-12-23-17-7-1-2-9-18(17)26-13-20(23)25/h1-3,6-9H,4-5,10-13,21H2. The van der Waals surface area contributed by atoms with Crippen molar-refractivity contribution in [2.75, 3.05) is 34.4 Å². The lowest BCUT2D eigenvalue weighted by Crippen LogP contribution is -2.41. The van der Waals surface area contributed by atoms with E-state index < -0.39 is 0 Å². The number of nitrogens with zero attached hydrogens (tertiary/aromatic N) is 2. The third kappa shape index (κ3) is 3.05. The zero-order valence-electron chi connectivity index (χ0n) is 14.5. The number of para-hydroxylation sites is 1. The number of carbonyl (C=O) groups excluding carboxylic acids is 2. The lowest BCUT2D eigenvalue weighted by molar-refractivity contribution is -0.118. The molecule has 0 bridgehead atoms. The SMILES string of the molecule is Nc1cccc2c1CCCN2C(=O)CCN1C(=O)CSc2ccccc21. The van der Waals surface area contributed by atoms with Gasteiger partial charge in [0.15, 0.2) is 0 Å². The van der Waals surface area contributed by atoms with Gasteiger partial charge in [-0.1, -0.05) is 18.2 Å². The van der Waals surface area contributed by atoms with Crippen LogP contribution in [0.5, 0.6) is 0 Å². The molecule has 2 aliphatic rings. The van der Waals surface area contributed by atoms with Gasteiger partial charge in [-0.15, -0.1) is 11.8 Å². The first-order valence-corrected chi connectivity index (χ1v) is 9.83. The molecule has 2 amide bonds. The van der Waals surface area contributed by atoms with Crippen molar-refractivity contribution in [3.05, 3.63) is 48.0 Å². The van der Waals surface area contributed by atoms with E-state index in [1.54, 1.807) is 16.7 Å². The summed E-state index contributed by atoms with van der Waals surface area (Å²) >= 11 is 1.55. The minimum Gasteiger partial charge on any atom is -0.398 e. The summed E-state index contributed by atoms with van der Waals surface area (Å²) in [6.07, 6.45) is 2.12. The summed E-state index contributed by atoms with van der Waals surface area (Å²) in [6, 6.07) is 13.6. The van der Waals surface area contributed by atoms with Crippen LogP contribution in [0.25, 0.3) is 0 Å². The fraction of sp³-hybridized carbons (Fsp3) is 0.300. The first-order chi connectivity index (χ1) is 12.6. The molecule has 26 heavy (non-hydrogen) atoms. The number of nitrogens with two attached hydrogens (primary N) is 1. The Kier molecular flexibility index (Phi) is 4.59. The summed E-state index contributed by atoms with van der Waals surface area (Å²) in [5.74, 6) is 0.527. The Morgan fingerprint density at radius 2 is 1.92 bits per heavy atom. The maximum absolute atomic E-state index is 12.9. The van der Waals surface area contributed by atoms with Gasteiger partial charge in [0.05, 0.1) is 11.4 Å². The number of rotatable bonds is 3. The molecule has 4 rings (SSSR count). The highest BCUT2D eigenvalue weighted by molar-refractivity contribution is 8.00. The second-order valence-corrected chi connectivity index (χ2v) is 7.56. The summed E-state index contributed by atoms with van der Waals surface area (Å²) in [7, 11) is 0. The van der Waals surface area contributed by atoms with Crippen molar-refractivity contribution in [1.29, 1.82) is 0 Å². The minimum atomic E-state index is 0.0417. The number of carbonyl (C=O) groups is 2. The van der Waals surface area contributed by atoms with Crippen LogP contribution in [0.2, 0.25) is 0 Å². The molecule has 2 aromatic rings. The van der Waals surface area contributed by atoms with Crippen LogP contribution in [0.3, 0.4) is 0 Å². The highest BCUT2D eigenvalue weighted by atomic mass is 32.2. The van der Waals surface area contributed by atoms with Crippen LogP contribution in [0.4, 0.5) is 17.1 Å². The number of thioether (sulfide) groups is 1. The van der Waals surface area contributed by atoms with E-state index in [0.717, 1.165) is 40.4 Å². The molecule has 0 fully saturated rings. The number of amides is 2. The molecular formula is C20H21N3O2S. The van der Waals surface area contributed by atoms with Crippen LogP contribution < -0.4 is 15.5 Å². The minimum absolute atomic E-state index is 0.0417. The molecule has 0 saturated heterocycles. The number of fused-ring (bicyclic) bond motifs is 2. The van der Waals surface area contributed by atoms with E-state index in [4.69, 9.17) is 5.73 Å². The van der Waals surface area contributed by atoms with Gasteiger partial charge < -0.3 is 15.5 Å². The van der Waals surface area contributed by atoms with E-state index in [1.807, 2.05) is 47.4 Å². The molecular weight excluding hydrogens is 346 g/mol. The Morgan fingerprint density at radius 3 is 2.81 bits per heavy atom. The van der Waals surface area contributed by atoms with Crippen LogP contribution in [0.15, 0.2) is 47.4 Å². The van der Waals surface area contributed by atoms with Crippen molar-refractivity contribution in [3.63, 3.8) is 0 Å². The van der Waals surface area contributed by atoms with Crippen LogP contribution in [-0.2, 0) is 16.0 Å². The summed E-state index contributed by atoms with van der Waals surface area (Å²) in [4.78, 5) is 29.9. The van der Waals surface area contributed by atoms with Crippen LogP contribution in [0, 0.1) is 0 Å². The average molecular weight is 367 g/mol. The van der Waals surface area contributed by atoms with Gasteiger partial charge in [0, 0.05) is 35.8 Å². The highest BCUT2D eigenvalue weighted by Gasteiger charge is 2.27. The third-order valence-corrected chi connectivity index (χ3v) is 5.99. The highest BCUT2D eigenvalue weighted by Crippen LogP contribution is 2.35. The lowest BCUT2D eigenvalue weighted by atomic mass is 9.99. The van der Waals surface area contributed by atoms with Crippen molar-refractivity contribution in [2.24, 2.45) is 0 Å². The second kappa shape index (κ2) is 7.03. The van der Waals surface area contributed by atoms with Crippen molar-refractivity contribution in [3.8, 4) is 0 Å². The lowest BCUT2D eigenvalue weighted by Gasteiger charge is -2.32. The fourth-order valence-corrected chi connectivity index (χ4v) is 4.59. The number of hydrogen-bond acceptors (Lipinski definition) is 4. The Balaban J connectivity index is 1.51. The van der Waals surface area contributed by atoms with Gasteiger partial charge in [0.25, 0.3) is 0 Å². The number of hydrogen-bond donors (Lipinski definition) is 1. The molecule has 5 nitrogen and oxygen atoms in total. The van der Waals surface area contributed by atoms with Gasteiger partial charge in [-0.2, -0.15) is 0 Å². The Hall–Kier alpha value is -2.47. The number of benzene rings is 2. The molecule has 0 unspecified atom stereocenters. The molecule has 0 radical (unpaired) electrons. The maximum Gasteiger partial charge on any atom is 0.237 e. The van der Waals surface area contributed by atoms with E-state index in [-0.39, 0.29) is 11.8 Å². The molecule has 6 heteroatoms. The molecule has 0 spiro atoms. The smallest absolute Gasteiger partial charge is 0.237 e. The predicted octanol–water partition coefficient (Wildman–Crippen LogP) is 3.08. The molecule has 2 N–H and O–H groups in total. The van der Waals surface area contributed by atoms with Crippen molar-refractivity contribution >= 4 is 40.6 Å². The normalized spacial score (nSPS) is 16.2. The maximum atomic E-state index is 12.9. The van der Waals surface area contributed by atoms with Gasteiger partial charge in [-0.05, 0) is 42.7 Å². The summed E-state index contributed by atoms with van der Waals surface area (Å²) in [5.41, 5.74) is 9.70. The van der Waals surface area contributed by atoms with Crippen molar-refractivity contribution in [1.82, 2.24) is 0 Å². The summed E-state index contributed by atoms with van der Waals surface area (Å²) in [6.45, 7) is 1.11. The number of anilines is 3. The zero-order valence-corrected chi connectivity index (χ0v) is 15.3. The molecule has 0 aromatic heterocycles. The first-order valence-electron chi connectivity index (χ1n) is 8.85. The van der Waals surface area contributed by atoms with Crippen LogP contribution >= 0.6 is 11.8 Å². The van der Waals surface area contributed by atoms with Crippen LogP contribution in [0.1, 0.15) is 18.4 Å². The van der Waals surface area contributed by atoms with Gasteiger partial charge in [0.2, 0.25) is 11.8 Å². The summed E-state index contributed by atoms with van der Waals surface area (Å²) in [5, 5.41) is 0. The van der Waals surface area contributed by atoms with Gasteiger partial charge in [0.1, 0.15) is 0 Å². The van der Waals surface area contributed by atoms with E-state index in [9.17, 15) is 9.59 Å². The van der Waals surface area contributed by atoms with E-state index in [0.29, 0.717) is 25.3 Å². The molecule has 0 aliphatic carbocycles. The van der Waals surface area contributed by atoms with E-state index >= 15 is 0 Å². The topological polar surface area (TPSA) is 66.6 Å². The van der Waals surface area contributed by atoms with Gasteiger partial charge >= 0.3 is 0 Å². The van der Waals surface area contributed by atoms with Crippen molar-refractivity contribution < 1.29 is 9.59 Å². The Morgan fingerprint density at radius 1 is 1.12 bits per heavy atom. The third-order valence-electron chi connectivity index (χ3n) is 4.95. The fourth-order valence-electron chi connectivity index (χ4n) is 3.65. The first kappa shape index (κ1) is 17.0. The van der Waals surface area contributed by atoms with E-state index in [2.05, 4.69) is 0 Å². The quantitative estimate of drug-likeness (QED) is 0.847. The molecule has 2 aliphatic heterocycles. The average Bonchev–Trinajstić information content (AvgIpc) is 2.67. The van der Waals surface area contributed by atoms with Crippen molar-refractivity contribution in [2.45, 2.75) is 24.2 Å². The second-order valence-electron chi connectivity index (χ2n) is 6.55. The molecule has 2 aromatic carbocycles. The van der Waals surface area contributed by atoms with Crippen LogP contribution in [-0.4, -0.2) is 30.7 Å². The summed E-state index contributed by atoms with van der Waals surface area (Å²) < 4.78 is 0. The van der Waals surface area contributed by atoms with E-state index in [1.165, 1.54) is 0 Å². The number of nitrogen functional groups attached to an aromatic ring is 1. The van der Waals surface area contributed by atoms with Gasteiger partial charge in [-0.25, -0.2) is 0 Å². The van der Waals surface area contributed by atoms with Gasteiger partial charge in [-0.3, -0.25) is 9.59 Å². The largest absolute Gasteiger partial charge is 0.398 e. The molecule has 2 heterocycles. The molecule has 134 valence electrons.